The maximum atomic E-state index is 5.96. The molecule has 0 bridgehead atoms. The first-order valence-electron chi connectivity index (χ1n) is 13.5. The van der Waals surface area contributed by atoms with Crippen molar-refractivity contribution < 1.29 is 0 Å². The van der Waals surface area contributed by atoms with Gasteiger partial charge in [-0.1, -0.05) is 95.2 Å². The second-order valence-corrected chi connectivity index (χ2v) is 22.7. The Bertz CT molecular complexity index is 899. The molecule has 1 aliphatic heterocycles. The summed E-state index contributed by atoms with van der Waals surface area (Å²) < 4.78 is 8.85. The Balaban J connectivity index is 3.00. The van der Waals surface area contributed by atoms with E-state index < -0.39 is 6.89 Å². The summed E-state index contributed by atoms with van der Waals surface area (Å²) in [6, 6.07) is 4.97. The largest absolute Gasteiger partial charge is 0.246 e. The molecule has 4 heteroatoms. The number of hydrogen-bond donors (Lipinski definition) is 0. The Morgan fingerprint density at radius 3 is 1.35 bits per heavy atom. The molecule has 1 aromatic rings. The Labute approximate surface area is 214 Å². The minimum atomic E-state index is -1.63. The summed E-state index contributed by atoms with van der Waals surface area (Å²) in [7, 11) is -0.268. The molecule has 1 fully saturated rings. The third kappa shape index (κ3) is 5.55. The molecular weight excluding hydrogens is 450 g/mol. The summed E-state index contributed by atoms with van der Waals surface area (Å²) in [6.07, 6.45) is 3.76. The van der Waals surface area contributed by atoms with Gasteiger partial charge in [-0.2, -0.15) is 0 Å². The molecule has 1 unspecified atom stereocenters. The highest BCUT2D eigenvalue weighted by Crippen LogP contribution is 3.05. The summed E-state index contributed by atoms with van der Waals surface area (Å²) in [5.74, 6) is 0. The molecule has 1 aromatic carbocycles. The summed E-state index contributed by atoms with van der Waals surface area (Å²) in [5, 5.41) is 0.407. The van der Waals surface area contributed by atoms with Gasteiger partial charge in [0.2, 0.25) is 0 Å². The van der Waals surface area contributed by atoms with E-state index in [1.54, 1.807) is 0 Å². The van der Waals surface area contributed by atoms with E-state index >= 15 is 0 Å². The highest BCUT2D eigenvalue weighted by molar-refractivity contribution is 8.46. The molecular formula is C30H56N2P2. The van der Waals surface area contributed by atoms with Gasteiger partial charge in [0.15, 0.2) is 0 Å². The van der Waals surface area contributed by atoms with E-state index in [4.69, 9.17) is 4.74 Å². The predicted octanol–water partition coefficient (Wildman–Crippen LogP) is 11.4. The Kier molecular flexibility index (Phi) is 8.22. The first kappa shape index (κ1) is 30.1. The van der Waals surface area contributed by atoms with Crippen molar-refractivity contribution in [2.45, 2.75) is 150 Å². The predicted molar refractivity (Wildman–Crippen MR) is 160 cm³/mol. The van der Waals surface area contributed by atoms with Crippen LogP contribution in [0.5, 0.6) is 0 Å². The van der Waals surface area contributed by atoms with Gasteiger partial charge >= 0.3 is 0 Å². The summed E-state index contributed by atoms with van der Waals surface area (Å²) in [6.45, 7) is 36.6. The molecule has 0 amide bonds. The van der Waals surface area contributed by atoms with E-state index in [1.165, 1.54) is 41.6 Å². The second-order valence-electron chi connectivity index (χ2n) is 14.7. The standard InChI is InChI=1S/C30H56N2P2/c1-17-30(18-2,19-3)33-32(29(13,14)15)34(33,16)31-25-23(27(7,8)9)20-22(26(4,5)6)21-24(25)28(10,11)12/h20-21H,17-19H2,1-16H3/t32?,33-,34+/m0/s1. The zero-order valence-corrected chi connectivity index (χ0v) is 27.4. The van der Waals surface area contributed by atoms with E-state index in [-0.39, 0.29) is 29.5 Å². The van der Waals surface area contributed by atoms with Gasteiger partial charge in [-0.3, -0.25) is 0 Å². The fourth-order valence-electron chi connectivity index (χ4n) is 5.47. The van der Waals surface area contributed by atoms with Gasteiger partial charge < -0.3 is 0 Å². The van der Waals surface area contributed by atoms with Crippen molar-refractivity contribution in [1.82, 2.24) is 4.44 Å². The van der Waals surface area contributed by atoms with Gasteiger partial charge in [-0.25, -0.2) is 9.19 Å². The van der Waals surface area contributed by atoms with Crippen molar-refractivity contribution in [3.05, 3.63) is 28.8 Å². The maximum Gasteiger partial charge on any atom is 0.0763 e. The van der Waals surface area contributed by atoms with E-state index in [2.05, 4.69) is 127 Å². The molecule has 0 aliphatic carbocycles. The second kappa shape index (κ2) is 9.30. The average Bonchev–Trinajstić information content (AvgIpc) is 3.27. The molecule has 0 aromatic heterocycles. The van der Waals surface area contributed by atoms with Crippen LogP contribution in [-0.2, 0) is 16.2 Å². The molecule has 0 N–H and O–H groups in total. The van der Waals surface area contributed by atoms with Crippen LogP contribution < -0.4 is 0 Å². The van der Waals surface area contributed by atoms with Crippen LogP contribution in [0.15, 0.2) is 16.9 Å². The molecule has 2 rings (SSSR count). The summed E-state index contributed by atoms with van der Waals surface area (Å²) >= 11 is 0. The zero-order chi connectivity index (χ0) is 26.7. The average molecular weight is 507 g/mol. The number of hydrogen-bond acceptors (Lipinski definition) is 1. The van der Waals surface area contributed by atoms with Crippen LogP contribution in [0.25, 0.3) is 0 Å². The van der Waals surface area contributed by atoms with Crippen LogP contribution >= 0.6 is 14.7 Å². The van der Waals surface area contributed by atoms with Crippen molar-refractivity contribution in [3.8, 4) is 0 Å². The van der Waals surface area contributed by atoms with Crippen LogP contribution in [0.1, 0.15) is 140 Å². The molecule has 0 saturated carbocycles. The molecule has 196 valence electrons. The van der Waals surface area contributed by atoms with E-state index in [1.807, 2.05) is 0 Å². The molecule has 3 atom stereocenters. The van der Waals surface area contributed by atoms with E-state index in [0.29, 0.717) is 5.16 Å². The molecule has 1 aliphatic rings. The molecule has 34 heavy (non-hydrogen) atoms. The Morgan fingerprint density at radius 2 is 1.09 bits per heavy atom. The minimum Gasteiger partial charge on any atom is -0.246 e. The normalized spacial score (nSPS) is 24.4. The fourth-order valence-corrected chi connectivity index (χ4v) is 19.9. The van der Waals surface area contributed by atoms with Gasteiger partial charge in [-0.05, 0) is 79.6 Å². The lowest BCUT2D eigenvalue weighted by atomic mass is 9.74. The van der Waals surface area contributed by atoms with Crippen molar-refractivity contribution in [2.24, 2.45) is 4.74 Å². The zero-order valence-electron chi connectivity index (χ0n) is 25.6. The van der Waals surface area contributed by atoms with Gasteiger partial charge in [0, 0.05) is 18.5 Å². The summed E-state index contributed by atoms with van der Waals surface area (Å²) in [4.78, 5) is 0. The number of nitrogens with zero attached hydrogens (tertiary/aromatic N) is 2. The molecule has 1 saturated heterocycles. The lowest BCUT2D eigenvalue weighted by molar-refractivity contribution is 0.402. The van der Waals surface area contributed by atoms with Crippen LogP contribution in [0.4, 0.5) is 5.69 Å². The van der Waals surface area contributed by atoms with Gasteiger partial charge in [0.05, 0.1) is 12.6 Å². The van der Waals surface area contributed by atoms with Crippen LogP contribution in [0, 0.1) is 0 Å². The fraction of sp³-hybridized carbons (Fsp3) is 0.800. The lowest BCUT2D eigenvalue weighted by Gasteiger charge is -2.33. The topological polar surface area (TPSA) is 15.4 Å². The molecule has 1 heterocycles. The lowest BCUT2D eigenvalue weighted by Crippen LogP contribution is -2.28. The van der Waals surface area contributed by atoms with Gasteiger partial charge in [0.25, 0.3) is 0 Å². The first-order chi connectivity index (χ1) is 15.1. The summed E-state index contributed by atoms with van der Waals surface area (Å²) in [5.41, 5.74) is 5.94. The first-order valence-corrected chi connectivity index (χ1v) is 17.6. The van der Waals surface area contributed by atoms with E-state index in [0.717, 1.165) is 0 Å². The van der Waals surface area contributed by atoms with Crippen molar-refractivity contribution >= 4 is 20.3 Å². The smallest absolute Gasteiger partial charge is 0.0763 e. The third-order valence-electron chi connectivity index (χ3n) is 7.75. The number of rotatable bonds is 5. The van der Waals surface area contributed by atoms with Crippen LogP contribution in [-0.4, -0.2) is 21.8 Å². The molecule has 0 spiro atoms. The maximum absolute atomic E-state index is 5.96. The Morgan fingerprint density at radius 1 is 0.706 bits per heavy atom. The Hall–Kier alpha value is -0.160. The quantitative estimate of drug-likeness (QED) is 0.286. The van der Waals surface area contributed by atoms with Crippen molar-refractivity contribution in [2.75, 3.05) is 6.66 Å². The third-order valence-corrected chi connectivity index (χ3v) is 18.6. The van der Waals surface area contributed by atoms with E-state index in [9.17, 15) is 0 Å². The molecule has 0 radical (unpaired) electrons. The SMILES string of the molecule is CCC(CC)(CC)[P@@]1N(C(C)(C)C)[P@@]1(C)=Nc1c(C(C)(C)C)cc(C(C)(C)C)cc1C(C)(C)C. The van der Waals surface area contributed by atoms with Gasteiger partial charge in [0.1, 0.15) is 0 Å². The van der Waals surface area contributed by atoms with Crippen molar-refractivity contribution in [3.63, 3.8) is 0 Å². The molecule has 2 nitrogen and oxygen atoms in total. The highest BCUT2D eigenvalue weighted by Gasteiger charge is 2.65. The monoisotopic (exact) mass is 506 g/mol. The highest BCUT2D eigenvalue weighted by atomic mass is 32.1. The number of benzene rings is 1. The minimum absolute atomic E-state index is 0.0436. The van der Waals surface area contributed by atoms with Crippen LogP contribution in [0.2, 0.25) is 0 Å². The van der Waals surface area contributed by atoms with Gasteiger partial charge in [-0.15, -0.1) is 0 Å². The van der Waals surface area contributed by atoms with Crippen LogP contribution in [0.3, 0.4) is 0 Å². The van der Waals surface area contributed by atoms with Crippen molar-refractivity contribution in [1.29, 1.82) is 0 Å².